The third-order valence-corrected chi connectivity index (χ3v) is 3.82. The normalized spacial score (nSPS) is 11.8. The summed E-state index contributed by atoms with van der Waals surface area (Å²) in [5.74, 6) is -0.822. The Balaban J connectivity index is 2.17. The van der Waals surface area contributed by atoms with Crippen molar-refractivity contribution in [2.24, 2.45) is 0 Å². The highest BCUT2D eigenvalue weighted by Crippen LogP contribution is 2.32. The van der Waals surface area contributed by atoms with E-state index in [1.165, 1.54) is 7.11 Å². The zero-order valence-corrected chi connectivity index (χ0v) is 14.0. The van der Waals surface area contributed by atoms with Gasteiger partial charge in [-0.15, -0.1) is 0 Å². The molecule has 0 radical (unpaired) electrons. The van der Waals surface area contributed by atoms with Gasteiger partial charge in [-0.05, 0) is 41.8 Å². The number of carboxylic acid groups (broad SMARTS) is 1. The number of aliphatic hydroxyl groups excluding tert-OH is 1. The number of carbonyl (C=O) groups is 1. The molecular weight excluding hydrogens is 332 g/mol. The molecule has 2 aromatic carbocycles. The van der Waals surface area contributed by atoms with Gasteiger partial charge in [-0.3, -0.25) is 4.79 Å². The summed E-state index contributed by atoms with van der Waals surface area (Å²) in [5.41, 5.74) is 1.47. The monoisotopic (exact) mass is 350 g/mol. The van der Waals surface area contributed by atoms with Crippen molar-refractivity contribution >= 4 is 17.6 Å². The predicted octanol–water partition coefficient (Wildman–Crippen LogP) is 3.48. The molecule has 2 rings (SSSR count). The summed E-state index contributed by atoms with van der Waals surface area (Å²) < 4.78 is 11.0. The summed E-state index contributed by atoms with van der Waals surface area (Å²) in [5, 5.41) is 18.9. The van der Waals surface area contributed by atoms with E-state index >= 15 is 0 Å². The number of methoxy groups -OCH3 is 1. The molecule has 2 aromatic rings. The Morgan fingerprint density at radius 2 is 2.00 bits per heavy atom. The molecule has 1 unspecified atom stereocenters. The van der Waals surface area contributed by atoms with Gasteiger partial charge in [0.05, 0.1) is 13.0 Å². The van der Waals surface area contributed by atoms with Crippen LogP contribution in [0.5, 0.6) is 11.5 Å². The predicted molar refractivity (Wildman–Crippen MR) is 90.9 cm³/mol. The summed E-state index contributed by atoms with van der Waals surface area (Å²) in [6.07, 6.45) is 0.140. The second kappa shape index (κ2) is 8.57. The maximum Gasteiger partial charge on any atom is 0.311 e. The second-order valence-corrected chi connectivity index (χ2v) is 5.67. The Morgan fingerprint density at radius 1 is 1.21 bits per heavy atom. The van der Waals surface area contributed by atoms with E-state index in [1.54, 1.807) is 24.3 Å². The summed E-state index contributed by atoms with van der Waals surface area (Å²) in [6.45, 7) is 0.113. The van der Waals surface area contributed by atoms with Crippen LogP contribution in [0, 0.1) is 0 Å². The maximum atomic E-state index is 11.3. The van der Waals surface area contributed by atoms with Crippen LogP contribution in [0.2, 0.25) is 5.02 Å². The van der Waals surface area contributed by atoms with Crippen molar-refractivity contribution < 1.29 is 24.5 Å². The van der Waals surface area contributed by atoms with E-state index in [9.17, 15) is 9.90 Å². The van der Waals surface area contributed by atoms with E-state index in [1.807, 2.05) is 18.2 Å². The molecule has 2 N–H and O–H groups in total. The Kier molecular flexibility index (Phi) is 6.46. The maximum absolute atomic E-state index is 11.3. The zero-order chi connectivity index (χ0) is 17.5. The Labute approximate surface area is 145 Å². The van der Waals surface area contributed by atoms with Gasteiger partial charge in [-0.1, -0.05) is 29.8 Å². The fraction of sp³-hybridized carbons (Fsp3) is 0.278. The lowest BCUT2D eigenvalue weighted by Gasteiger charge is -2.15. The molecule has 0 heterocycles. The standard InChI is InChI=1S/C18H19ClO5/c1-23-17-10-13(15(7-8-20)18(21)22)5-6-16(17)24-11-12-3-2-4-14(19)9-12/h2-6,9-10,15,20H,7-8,11H2,1H3,(H,21,22). The fourth-order valence-corrected chi connectivity index (χ4v) is 2.58. The first-order valence-electron chi connectivity index (χ1n) is 7.44. The van der Waals surface area contributed by atoms with Crippen molar-refractivity contribution in [3.05, 3.63) is 58.6 Å². The summed E-state index contributed by atoms with van der Waals surface area (Å²) in [4.78, 5) is 11.3. The van der Waals surface area contributed by atoms with E-state index in [4.69, 9.17) is 26.2 Å². The summed E-state index contributed by atoms with van der Waals surface area (Å²) in [6, 6.07) is 12.3. The number of hydrogen-bond donors (Lipinski definition) is 2. The van der Waals surface area contributed by atoms with Crippen LogP contribution in [0.15, 0.2) is 42.5 Å². The zero-order valence-electron chi connectivity index (χ0n) is 13.2. The fourth-order valence-electron chi connectivity index (χ4n) is 2.37. The van der Waals surface area contributed by atoms with Gasteiger partial charge in [0.2, 0.25) is 0 Å². The molecule has 0 spiro atoms. The molecule has 0 aliphatic carbocycles. The van der Waals surface area contributed by atoms with Gasteiger partial charge >= 0.3 is 5.97 Å². The average molecular weight is 351 g/mol. The van der Waals surface area contributed by atoms with Gasteiger partial charge in [-0.2, -0.15) is 0 Å². The lowest BCUT2D eigenvalue weighted by atomic mass is 9.96. The minimum absolute atomic E-state index is 0.140. The second-order valence-electron chi connectivity index (χ2n) is 5.23. The third kappa shape index (κ3) is 4.63. The quantitative estimate of drug-likeness (QED) is 0.762. The number of rotatable bonds is 8. The molecule has 5 nitrogen and oxygen atoms in total. The average Bonchev–Trinajstić information content (AvgIpc) is 2.57. The number of aliphatic hydroxyl groups is 1. The van der Waals surface area contributed by atoms with Gasteiger partial charge in [-0.25, -0.2) is 0 Å². The summed E-state index contributed by atoms with van der Waals surface area (Å²) in [7, 11) is 1.49. The van der Waals surface area contributed by atoms with E-state index < -0.39 is 11.9 Å². The highest BCUT2D eigenvalue weighted by molar-refractivity contribution is 6.30. The minimum atomic E-state index is -0.987. The molecular formula is C18H19ClO5. The van der Waals surface area contributed by atoms with Crippen molar-refractivity contribution in [1.29, 1.82) is 0 Å². The molecule has 1 atom stereocenters. The van der Waals surface area contributed by atoms with Crippen LogP contribution in [0.1, 0.15) is 23.5 Å². The lowest BCUT2D eigenvalue weighted by molar-refractivity contribution is -0.139. The van der Waals surface area contributed by atoms with E-state index in [2.05, 4.69) is 0 Å². The number of hydrogen-bond acceptors (Lipinski definition) is 4. The first-order valence-corrected chi connectivity index (χ1v) is 7.81. The van der Waals surface area contributed by atoms with Gasteiger partial charge < -0.3 is 19.7 Å². The Bertz CT molecular complexity index is 702. The summed E-state index contributed by atoms with van der Waals surface area (Å²) >= 11 is 5.94. The molecule has 0 bridgehead atoms. The molecule has 0 amide bonds. The first kappa shape index (κ1) is 18.1. The number of halogens is 1. The van der Waals surface area contributed by atoms with Crippen molar-refractivity contribution in [1.82, 2.24) is 0 Å². The number of benzene rings is 2. The number of aliphatic carboxylic acids is 1. The van der Waals surface area contributed by atoms with Crippen LogP contribution in [-0.2, 0) is 11.4 Å². The van der Waals surface area contributed by atoms with Crippen LogP contribution in [0.3, 0.4) is 0 Å². The van der Waals surface area contributed by atoms with Gasteiger partial charge in [0.1, 0.15) is 6.61 Å². The third-order valence-electron chi connectivity index (χ3n) is 3.59. The van der Waals surface area contributed by atoms with Gasteiger partial charge in [0.25, 0.3) is 0 Å². The lowest BCUT2D eigenvalue weighted by Crippen LogP contribution is -2.13. The molecule has 24 heavy (non-hydrogen) atoms. The topological polar surface area (TPSA) is 76.0 Å². The molecule has 6 heteroatoms. The Hall–Kier alpha value is -2.24. The first-order chi connectivity index (χ1) is 11.5. The van der Waals surface area contributed by atoms with Gasteiger partial charge in [0, 0.05) is 11.6 Å². The van der Waals surface area contributed by atoms with Crippen molar-refractivity contribution in [2.45, 2.75) is 18.9 Å². The largest absolute Gasteiger partial charge is 0.493 e. The Morgan fingerprint density at radius 3 is 2.62 bits per heavy atom. The van der Waals surface area contributed by atoms with Crippen molar-refractivity contribution in [3.8, 4) is 11.5 Å². The molecule has 0 aliphatic rings. The van der Waals surface area contributed by atoms with Crippen molar-refractivity contribution in [2.75, 3.05) is 13.7 Å². The minimum Gasteiger partial charge on any atom is -0.493 e. The molecule has 128 valence electrons. The van der Waals surface area contributed by atoms with Crippen LogP contribution in [0.25, 0.3) is 0 Å². The van der Waals surface area contributed by atoms with E-state index in [-0.39, 0.29) is 13.0 Å². The SMILES string of the molecule is COc1cc(C(CCO)C(=O)O)ccc1OCc1cccc(Cl)c1. The highest BCUT2D eigenvalue weighted by atomic mass is 35.5. The van der Waals surface area contributed by atoms with Crippen LogP contribution in [0.4, 0.5) is 0 Å². The highest BCUT2D eigenvalue weighted by Gasteiger charge is 2.21. The van der Waals surface area contributed by atoms with Crippen LogP contribution in [-0.4, -0.2) is 29.9 Å². The molecule has 0 aromatic heterocycles. The molecule has 0 saturated heterocycles. The van der Waals surface area contributed by atoms with Gasteiger partial charge in [0.15, 0.2) is 11.5 Å². The molecule has 0 fully saturated rings. The number of carboxylic acids is 1. The van der Waals surface area contributed by atoms with Crippen LogP contribution < -0.4 is 9.47 Å². The smallest absolute Gasteiger partial charge is 0.311 e. The van der Waals surface area contributed by atoms with E-state index in [0.717, 1.165) is 5.56 Å². The van der Waals surface area contributed by atoms with Crippen molar-refractivity contribution in [3.63, 3.8) is 0 Å². The molecule has 0 saturated carbocycles. The number of ether oxygens (including phenoxy) is 2. The van der Waals surface area contributed by atoms with Crippen LogP contribution >= 0.6 is 11.6 Å². The molecule has 0 aliphatic heterocycles. The van der Waals surface area contributed by atoms with E-state index in [0.29, 0.717) is 28.7 Å².